The molecule has 0 saturated carbocycles. The molecule has 7 nitrogen and oxygen atoms in total. The topological polar surface area (TPSA) is 111 Å². The Labute approximate surface area is 177 Å². The van der Waals surface area contributed by atoms with Crippen LogP contribution in [0.3, 0.4) is 0 Å². The number of rotatable bonds is 12. The summed E-state index contributed by atoms with van der Waals surface area (Å²) in [7, 11) is 0. The normalized spacial score (nSPS) is 12.9. The number of alkyl carbamates (subject to hydrolysis) is 1. The van der Waals surface area contributed by atoms with E-state index in [1.165, 1.54) is 12.1 Å². The van der Waals surface area contributed by atoms with Gasteiger partial charge in [-0.25, -0.2) is 4.79 Å². The van der Waals surface area contributed by atoms with Crippen LogP contribution in [0.25, 0.3) is 0 Å². The van der Waals surface area contributed by atoms with Crippen molar-refractivity contribution in [2.75, 3.05) is 13.1 Å². The van der Waals surface area contributed by atoms with Gasteiger partial charge in [0.15, 0.2) is 11.5 Å². The van der Waals surface area contributed by atoms with Gasteiger partial charge in [0.05, 0.1) is 6.10 Å². The molecule has 2 rings (SSSR count). The molecule has 2 aromatic carbocycles. The van der Waals surface area contributed by atoms with Gasteiger partial charge in [0.2, 0.25) is 0 Å². The lowest BCUT2D eigenvalue weighted by atomic mass is 10.1. The number of aliphatic hydroxyl groups is 1. The molecule has 30 heavy (non-hydrogen) atoms. The molecule has 0 aliphatic heterocycles. The Kier molecular flexibility index (Phi) is 9.97. The first kappa shape index (κ1) is 23.5. The molecule has 164 valence electrons. The summed E-state index contributed by atoms with van der Waals surface area (Å²) in [5, 5.41) is 35.1. The molecular weight excluding hydrogens is 384 g/mol. The van der Waals surface area contributed by atoms with E-state index in [1.807, 2.05) is 30.3 Å². The molecule has 5 N–H and O–H groups in total. The first-order valence-electron chi connectivity index (χ1n) is 10.3. The zero-order chi connectivity index (χ0) is 21.8. The van der Waals surface area contributed by atoms with Crippen LogP contribution in [0.15, 0.2) is 48.5 Å². The van der Waals surface area contributed by atoms with E-state index in [9.17, 15) is 20.1 Å². The third-order valence-electron chi connectivity index (χ3n) is 4.84. The number of carbonyl (C=O) groups is 1. The minimum atomic E-state index is -0.759. The molecular formula is C23H32N2O5. The van der Waals surface area contributed by atoms with Crippen molar-refractivity contribution in [3.8, 4) is 11.5 Å². The maximum Gasteiger partial charge on any atom is 0.407 e. The van der Waals surface area contributed by atoms with Crippen LogP contribution in [0.5, 0.6) is 11.5 Å². The van der Waals surface area contributed by atoms with E-state index in [1.54, 1.807) is 6.07 Å². The minimum absolute atomic E-state index is 0.203. The number of hydrogen-bond donors (Lipinski definition) is 5. The Morgan fingerprint density at radius 1 is 1.03 bits per heavy atom. The highest BCUT2D eigenvalue weighted by atomic mass is 16.5. The molecule has 7 heteroatoms. The van der Waals surface area contributed by atoms with Crippen molar-refractivity contribution in [2.24, 2.45) is 0 Å². The van der Waals surface area contributed by atoms with Crippen LogP contribution in [0.4, 0.5) is 4.79 Å². The number of nitrogens with one attached hydrogen (secondary N) is 2. The minimum Gasteiger partial charge on any atom is -0.504 e. The van der Waals surface area contributed by atoms with Crippen molar-refractivity contribution in [2.45, 2.75) is 51.4 Å². The highest BCUT2D eigenvalue weighted by Crippen LogP contribution is 2.27. The van der Waals surface area contributed by atoms with Gasteiger partial charge in [-0.05, 0) is 43.0 Å². The van der Waals surface area contributed by atoms with Crippen molar-refractivity contribution in [1.82, 2.24) is 10.6 Å². The third kappa shape index (κ3) is 8.71. The monoisotopic (exact) mass is 416 g/mol. The summed E-state index contributed by atoms with van der Waals surface area (Å²) in [6.45, 7) is 3.27. The Bertz CT molecular complexity index is 769. The van der Waals surface area contributed by atoms with Gasteiger partial charge in [-0.3, -0.25) is 0 Å². The fourth-order valence-corrected chi connectivity index (χ4v) is 3.00. The van der Waals surface area contributed by atoms with Crippen LogP contribution in [0.2, 0.25) is 0 Å². The van der Waals surface area contributed by atoms with Crippen molar-refractivity contribution in [1.29, 1.82) is 0 Å². The fourth-order valence-electron chi connectivity index (χ4n) is 3.00. The average molecular weight is 417 g/mol. The third-order valence-corrected chi connectivity index (χ3v) is 4.84. The predicted octanol–water partition coefficient (Wildman–Crippen LogP) is 3.60. The maximum absolute atomic E-state index is 11.7. The largest absolute Gasteiger partial charge is 0.504 e. The van der Waals surface area contributed by atoms with E-state index in [4.69, 9.17) is 4.74 Å². The number of benzene rings is 2. The molecule has 0 aliphatic carbocycles. The first-order valence-corrected chi connectivity index (χ1v) is 10.3. The number of amides is 1. The van der Waals surface area contributed by atoms with Crippen LogP contribution in [0, 0.1) is 0 Å². The number of aliphatic hydroxyl groups excluding tert-OH is 1. The number of ether oxygens (including phenoxy) is 1. The molecule has 0 saturated heterocycles. The van der Waals surface area contributed by atoms with Crippen molar-refractivity contribution in [3.63, 3.8) is 0 Å². The Balaban J connectivity index is 1.50. The van der Waals surface area contributed by atoms with Crippen molar-refractivity contribution < 1.29 is 24.9 Å². The van der Waals surface area contributed by atoms with Crippen molar-refractivity contribution in [3.05, 3.63) is 59.7 Å². The van der Waals surface area contributed by atoms with Crippen LogP contribution in [0.1, 0.15) is 49.8 Å². The second kappa shape index (κ2) is 12.7. The number of unbranched alkanes of at least 4 members (excludes halogenated alkanes) is 2. The lowest BCUT2D eigenvalue weighted by molar-refractivity contribution is 0.139. The van der Waals surface area contributed by atoms with E-state index < -0.39 is 12.2 Å². The number of carbonyl (C=O) groups excluding carboxylic acids is 1. The quantitative estimate of drug-likeness (QED) is 0.267. The summed E-state index contributed by atoms with van der Waals surface area (Å²) in [6.07, 6.45) is 2.66. The van der Waals surface area contributed by atoms with Gasteiger partial charge >= 0.3 is 6.09 Å². The smallest absolute Gasteiger partial charge is 0.407 e. The van der Waals surface area contributed by atoms with E-state index in [-0.39, 0.29) is 24.1 Å². The highest BCUT2D eigenvalue weighted by molar-refractivity contribution is 5.67. The second-order valence-electron chi connectivity index (χ2n) is 7.41. The Morgan fingerprint density at radius 3 is 2.53 bits per heavy atom. The Morgan fingerprint density at radius 2 is 1.80 bits per heavy atom. The van der Waals surface area contributed by atoms with Gasteiger partial charge < -0.3 is 30.7 Å². The summed E-state index contributed by atoms with van der Waals surface area (Å²) >= 11 is 0. The highest BCUT2D eigenvalue weighted by Gasteiger charge is 2.11. The van der Waals surface area contributed by atoms with Gasteiger partial charge in [0, 0.05) is 19.1 Å². The van der Waals surface area contributed by atoms with E-state index >= 15 is 0 Å². The van der Waals surface area contributed by atoms with Gasteiger partial charge in [0.1, 0.15) is 6.61 Å². The molecule has 0 heterocycles. The molecule has 2 unspecified atom stereocenters. The zero-order valence-electron chi connectivity index (χ0n) is 17.4. The molecule has 0 radical (unpaired) electrons. The molecule has 1 amide bonds. The van der Waals surface area contributed by atoms with Crippen LogP contribution in [-0.2, 0) is 11.3 Å². The molecule has 0 fully saturated rings. The molecule has 0 aliphatic rings. The number of hydrogen-bond acceptors (Lipinski definition) is 6. The predicted molar refractivity (Wildman–Crippen MR) is 115 cm³/mol. The SMILES string of the molecule is CC(CCCCCNC(=O)OCc1ccccc1)NCC(O)c1ccc(O)c(O)c1. The summed E-state index contributed by atoms with van der Waals surface area (Å²) in [4.78, 5) is 11.7. The van der Waals surface area contributed by atoms with E-state index in [0.717, 1.165) is 31.2 Å². The average Bonchev–Trinajstić information content (AvgIpc) is 2.75. The molecule has 2 atom stereocenters. The van der Waals surface area contributed by atoms with Crippen LogP contribution < -0.4 is 10.6 Å². The van der Waals surface area contributed by atoms with E-state index in [0.29, 0.717) is 18.7 Å². The lowest BCUT2D eigenvalue weighted by Crippen LogP contribution is -2.30. The summed E-state index contributed by atoms with van der Waals surface area (Å²) in [6, 6.07) is 14.1. The Hall–Kier alpha value is -2.77. The second-order valence-corrected chi connectivity index (χ2v) is 7.41. The summed E-state index contributed by atoms with van der Waals surface area (Å²) < 4.78 is 5.16. The van der Waals surface area contributed by atoms with Gasteiger partial charge in [-0.2, -0.15) is 0 Å². The fraction of sp³-hybridized carbons (Fsp3) is 0.435. The maximum atomic E-state index is 11.7. The standard InChI is InChI=1S/C23H32N2O5/c1-17(25-15-22(28)19-11-12-20(26)21(27)14-19)8-4-3-7-13-24-23(29)30-16-18-9-5-2-6-10-18/h2,5-6,9-12,14,17,22,25-28H,3-4,7-8,13,15-16H2,1H3,(H,24,29). The molecule has 2 aromatic rings. The molecule has 0 aromatic heterocycles. The number of phenolic OH excluding ortho intramolecular Hbond substituents is 2. The molecule has 0 spiro atoms. The summed E-state index contributed by atoms with van der Waals surface area (Å²) in [5.74, 6) is -0.441. The van der Waals surface area contributed by atoms with E-state index in [2.05, 4.69) is 17.6 Å². The van der Waals surface area contributed by atoms with Gasteiger partial charge in [-0.1, -0.05) is 49.2 Å². The van der Waals surface area contributed by atoms with Gasteiger partial charge in [0.25, 0.3) is 0 Å². The first-order chi connectivity index (χ1) is 14.5. The van der Waals surface area contributed by atoms with Crippen LogP contribution >= 0.6 is 0 Å². The number of phenols is 2. The lowest BCUT2D eigenvalue weighted by Gasteiger charge is -2.17. The number of aromatic hydroxyl groups is 2. The zero-order valence-corrected chi connectivity index (χ0v) is 17.4. The van der Waals surface area contributed by atoms with Crippen molar-refractivity contribution >= 4 is 6.09 Å². The molecule has 0 bridgehead atoms. The van der Waals surface area contributed by atoms with Crippen LogP contribution in [-0.4, -0.2) is 40.5 Å². The summed E-state index contributed by atoms with van der Waals surface area (Å²) in [5.41, 5.74) is 1.51. The van der Waals surface area contributed by atoms with Gasteiger partial charge in [-0.15, -0.1) is 0 Å².